The van der Waals surface area contributed by atoms with E-state index in [-0.39, 0.29) is 44.5 Å². The van der Waals surface area contributed by atoms with Gasteiger partial charge in [-0.15, -0.1) is 0 Å². The Morgan fingerprint density at radius 3 is 2.11 bits per heavy atom. The Balaban J connectivity index is 0.00000225. The van der Waals surface area contributed by atoms with Crippen molar-refractivity contribution in [2.45, 2.75) is 68.3 Å². The molecule has 1 aromatic heterocycles. The molecule has 0 spiro atoms. The SMILES string of the molecule is C[C@@H]1O[C@@H](O[C@H]2[C@H](Oc3ccc(-c4coc5cc(O)cc(O)c5c4=O)cc3)O[C@H](CO)[C@@H](O)[C@@H]2O)[C@H](O)[C@H](O)[C@H]1O.O.O.O. The molecule has 44 heavy (non-hydrogen) atoms. The van der Waals surface area contributed by atoms with E-state index in [2.05, 4.69) is 0 Å². The highest BCUT2D eigenvalue weighted by Gasteiger charge is 2.50. The monoisotopic (exact) mass is 632 g/mol. The third kappa shape index (κ3) is 6.79. The summed E-state index contributed by atoms with van der Waals surface area (Å²) in [6.07, 6.45) is -13.5. The summed E-state index contributed by atoms with van der Waals surface area (Å²) >= 11 is 0. The molecule has 2 aliphatic rings. The Hall–Kier alpha value is -3.43. The van der Waals surface area contributed by atoms with Crippen molar-refractivity contribution in [3.05, 3.63) is 52.9 Å². The van der Waals surface area contributed by atoms with E-state index in [1.807, 2.05) is 0 Å². The molecule has 2 fully saturated rings. The van der Waals surface area contributed by atoms with Crippen LogP contribution < -0.4 is 10.2 Å². The third-order valence-electron chi connectivity index (χ3n) is 7.18. The molecule has 17 heteroatoms. The van der Waals surface area contributed by atoms with Crippen molar-refractivity contribution in [1.82, 2.24) is 0 Å². The lowest BCUT2D eigenvalue weighted by Crippen LogP contribution is -2.64. The second-order valence-corrected chi connectivity index (χ2v) is 9.95. The van der Waals surface area contributed by atoms with E-state index in [0.717, 1.165) is 6.07 Å². The van der Waals surface area contributed by atoms with Crippen molar-refractivity contribution in [3.8, 4) is 28.4 Å². The standard InChI is InChI=1S/C27H30O14.3H2O/c1-10-19(31)22(34)24(36)26(38-10)41-25-23(35)21(33)17(8-28)40-27(25)39-13-4-2-11(3-5-13)14-9-37-16-7-12(29)6-15(30)18(16)20(14)32;;;/h2-7,9-10,17,19,21-31,33-36H,8H2,1H3;3*1H2/t10-,17+,19-,21+,22+,23-,24+,25+,26-,27+;;;/m0.../s1. The first-order valence-electron chi connectivity index (χ1n) is 12.7. The average molecular weight is 633 g/mol. The zero-order valence-corrected chi connectivity index (χ0v) is 23.0. The Morgan fingerprint density at radius 1 is 0.818 bits per heavy atom. The lowest BCUT2D eigenvalue weighted by atomic mass is 9.97. The molecule has 0 bridgehead atoms. The highest BCUT2D eigenvalue weighted by Crippen LogP contribution is 2.33. The summed E-state index contributed by atoms with van der Waals surface area (Å²) < 4.78 is 28.0. The number of phenols is 2. The van der Waals surface area contributed by atoms with Gasteiger partial charge in [0, 0.05) is 12.1 Å². The van der Waals surface area contributed by atoms with E-state index in [4.69, 9.17) is 23.4 Å². The summed E-state index contributed by atoms with van der Waals surface area (Å²) in [5, 5.41) is 80.9. The van der Waals surface area contributed by atoms with Crippen LogP contribution in [0.15, 0.2) is 51.9 Å². The molecule has 2 aliphatic heterocycles. The van der Waals surface area contributed by atoms with Gasteiger partial charge in [-0.05, 0) is 24.6 Å². The fourth-order valence-electron chi connectivity index (χ4n) is 4.84. The maximum Gasteiger partial charge on any atom is 0.229 e. The summed E-state index contributed by atoms with van der Waals surface area (Å²) in [6, 6.07) is 8.14. The second kappa shape index (κ2) is 14.6. The van der Waals surface area contributed by atoms with Gasteiger partial charge in [-0.3, -0.25) is 4.79 Å². The van der Waals surface area contributed by atoms with Crippen LogP contribution in [0.3, 0.4) is 0 Å². The van der Waals surface area contributed by atoms with Gasteiger partial charge in [-0.25, -0.2) is 0 Å². The van der Waals surface area contributed by atoms with Gasteiger partial charge >= 0.3 is 0 Å². The summed E-state index contributed by atoms with van der Waals surface area (Å²) in [5.74, 6) is -0.563. The van der Waals surface area contributed by atoms with Crippen LogP contribution in [0.2, 0.25) is 0 Å². The van der Waals surface area contributed by atoms with Gasteiger partial charge in [-0.2, -0.15) is 0 Å². The van der Waals surface area contributed by atoms with Crippen molar-refractivity contribution >= 4 is 11.0 Å². The van der Waals surface area contributed by atoms with Gasteiger partial charge in [0.1, 0.15) is 71.1 Å². The highest BCUT2D eigenvalue weighted by atomic mass is 16.8. The Bertz CT molecular complexity index is 1430. The fourth-order valence-corrected chi connectivity index (χ4v) is 4.84. The van der Waals surface area contributed by atoms with Crippen molar-refractivity contribution in [3.63, 3.8) is 0 Å². The first-order chi connectivity index (χ1) is 19.5. The van der Waals surface area contributed by atoms with Crippen LogP contribution in [0.4, 0.5) is 0 Å². The van der Waals surface area contributed by atoms with E-state index < -0.39 is 79.2 Å². The van der Waals surface area contributed by atoms with Crippen molar-refractivity contribution < 1.29 is 80.6 Å². The van der Waals surface area contributed by atoms with Gasteiger partial charge in [0.25, 0.3) is 0 Å². The number of aromatic hydroxyl groups is 2. The number of hydrogen-bond donors (Lipinski definition) is 8. The van der Waals surface area contributed by atoms with E-state index in [1.54, 1.807) is 0 Å². The molecule has 2 aromatic carbocycles. The molecule has 0 aliphatic carbocycles. The van der Waals surface area contributed by atoms with Crippen LogP contribution in [-0.2, 0) is 14.2 Å². The zero-order chi connectivity index (χ0) is 29.6. The number of ether oxygens (including phenoxy) is 4. The van der Waals surface area contributed by atoms with Crippen LogP contribution >= 0.6 is 0 Å². The summed E-state index contributed by atoms with van der Waals surface area (Å²) in [5.41, 5.74) is -0.0459. The van der Waals surface area contributed by atoms with Gasteiger partial charge < -0.3 is 80.6 Å². The lowest BCUT2D eigenvalue weighted by Gasteiger charge is -2.45. The molecule has 0 radical (unpaired) electrons. The summed E-state index contributed by atoms with van der Waals surface area (Å²) in [4.78, 5) is 13.0. The third-order valence-corrected chi connectivity index (χ3v) is 7.18. The zero-order valence-electron chi connectivity index (χ0n) is 23.0. The van der Waals surface area contributed by atoms with Crippen LogP contribution in [0.25, 0.3) is 22.1 Å². The molecule has 0 amide bonds. The number of hydrogen-bond acceptors (Lipinski definition) is 14. The number of phenolic OH excluding ortho intramolecular Hbond substituents is 2. The van der Waals surface area contributed by atoms with E-state index in [9.17, 15) is 45.6 Å². The van der Waals surface area contributed by atoms with Gasteiger partial charge in [-0.1, -0.05) is 12.1 Å². The van der Waals surface area contributed by atoms with E-state index in [1.165, 1.54) is 43.5 Å². The lowest BCUT2D eigenvalue weighted by molar-refractivity contribution is -0.354. The fraction of sp³-hybridized carbons (Fsp3) is 0.444. The first kappa shape index (κ1) is 36.8. The molecule has 0 unspecified atom stereocenters. The molecule has 17 nitrogen and oxygen atoms in total. The van der Waals surface area contributed by atoms with Gasteiger partial charge in [0.2, 0.25) is 11.7 Å². The number of aliphatic hydroxyl groups is 6. The van der Waals surface area contributed by atoms with Crippen LogP contribution in [0, 0.1) is 0 Å². The maximum absolute atomic E-state index is 13.0. The number of aliphatic hydroxyl groups excluding tert-OH is 6. The Morgan fingerprint density at radius 2 is 1.48 bits per heavy atom. The predicted molar refractivity (Wildman–Crippen MR) is 148 cm³/mol. The molecule has 0 saturated carbocycles. The first-order valence-corrected chi connectivity index (χ1v) is 12.7. The smallest absolute Gasteiger partial charge is 0.229 e. The predicted octanol–water partition coefficient (Wildman–Crippen LogP) is -3.57. The highest BCUT2D eigenvalue weighted by molar-refractivity contribution is 5.88. The quantitative estimate of drug-likeness (QED) is 0.130. The molecule has 246 valence electrons. The molecular formula is C27H36O17. The molecule has 10 atom stereocenters. The number of rotatable bonds is 6. The number of benzene rings is 2. The minimum absolute atomic E-state index is 0. The van der Waals surface area contributed by atoms with Crippen LogP contribution in [0.1, 0.15) is 6.92 Å². The van der Waals surface area contributed by atoms with E-state index in [0.29, 0.717) is 5.56 Å². The van der Waals surface area contributed by atoms with Crippen molar-refractivity contribution in [2.24, 2.45) is 0 Å². The normalized spacial score (nSPS) is 31.7. The Labute approximate surface area is 248 Å². The van der Waals surface area contributed by atoms with Gasteiger partial charge in [0.05, 0.1) is 18.3 Å². The molecule has 3 aromatic rings. The summed E-state index contributed by atoms with van der Waals surface area (Å²) in [6.45, 7) is 0.772. The van der Waals surface area contributed by atoms with Crippen LogP contribution in [0.5, 0.6) is 17.2 Å². The van der Waals surface area contributed by atoms with Gasteiger partial charge in [0.15, 0.2) is 12.4 Å². The Kier molecular flexibility index (Phi) is 12.2. The summed E-state index contributed by atoms with van der Waals surface area (Å²) in [7, 11) is 0. The minimum Gasteiger partial charge on any atom is -0.508 e. The molecule has 3 heterocycles. The second-order valence-electron chi connectivity index (χ2n) is 9.95. The minimum atomic E-state index is -1.71. The number of fused-ring (bicyclic) bond motifs is 1. The largest absolute Gasteiger partial charge is 0.508 e. The molecule has 5 rings (SSSR count). The molecular weight excluding hydrogens is 596 g/mol. The van der Waals surface area contributed by atoms with E-state index >= 15 is 0 Å². The topological polar surface area (TPSA) is 323 Å². The van der Waals surface area contributed by atoms with Crippen molar-refractivity contribution in [2.75, 3.05) is 6.61 Å². The van der Waals surface area contributed by atoms with Crippen LogP contribution in [-0.4, -0.2) is 125 Å². The molecule has 14 N–H and O–H groups in total. The molecule has 2 saturated heterocycles. The van der Waals surface area contributed by atoms with Crippen molar-refractivity contribution in [1.29, 1.82) is 0 Å². The average Bonchev–Trinajstić information content (AvgIpc) is 2.94. The maximum atomic E-state index is 13.0.